The molecule has 3 aliphatic rings. The van der Waals surface area contributed by atoms with Gasteiger partial charge in [0.2, 0.25) is 12.5 Å². The Morgan fingerprint density at radius 3 is 2.57 bits per heavy atom. The third-order valence-corrected chi connectivity index (χ3v) is 6.81. The van der Waals surface area contributed by atoms with E-state index in [0.29, 0.717) is 35.5 Å². The van der Waals surface area contributed by atoms with Gasteiger partial charge < -0.3 is 35.1 Å². The second-order valence-corrected chi connectivity index (χ2v) is 8.87. The fraction of sp³-hybridized carbons (Fsp3) is 0.222. The lowest BCUT2D eigenvalue weighted by Gasteiger charge is -2.30. The molecule has 178 valence electrons. The molecule has 0 saturated carbocycles. The molecule has 0 amide bonds. The number of aromatic hydroxyl groups is 2. The number of allylic oxidation sites excluding steroid dienone is 1. The van der Waals surface area contributed by atoms with Gasteiger partial charge in [-0.15, -0.1) is 0 Å². The lowest BCUT2D eigenvalue weighted by molar-refractivity contribution is -0.116. The van der Waals surface area contributed by atoms with Crippen LogP contribution in [0.25, 0.3) is 0 Å². The Labute approximate surface area is 201 Å². The summed E-state index contributed by atoms with van der Waals surface area (Å²) in [5.41, 5.74) is 4.73. The lowest BCUT2D eigenvalue weighted by Crippen LogP contribution is -2.26. The van der Waals surface area contributed by atoms with Crippen LogP contribution in [-0.4, -0.2) is 29.9 Å². The van der Waals surface area contributed by atoms with Gasteiger partial charge in [0.1, 0.15) is 0 Å². The number of phenols is 2. The van der Waals surface area contributed by atoms with Gasteiger partial charge in [-0.05, 0) is 59.9 Å². The number of methoxy groups -OCH3 is 1. The topological polar surface area (TPSA) is 109 Å². The highest BCUT2D eigenvalue weighted by Crippen LogP contribution is 2.47. The number of carbonyl (C=O) groups excluding carboxylic acids is 1. The van der Waals surface area contributed by atoms with E-state index in [1.807, 2.05) is 42.5 Å². The molecular formula is C27H24N2O6. The predicted octanol–water partition coefficient (Wildman–Crippen LogP) is 4.81. The zero-order valence-electron chi connectivity index (χ0n) is 19.0. The second kappa shape index (κ2) is 8.16. The Morgan fingerprint density at radius 1 is 0.943 bits per heavy atom. The van der Waals surface area contributed by atoms with Gasteiger partial charge in [0.15, 0.2) is 28.8 Å². The van der Waals surface area contributed by atoms with Crippen molar-refractivity contribution in [2.24, 2.45) is 0 Å². The van der Waals surface area contributed by atoms with E-state index in [0.717, 1.165) is 22.6 Å². The van der Waals surface area contributed by atoms with Gasteiger partial charge in [-0.3, -0.25) is 4.79 Å². The predicted molar refractivity (Wildman–Crippen MR) is 129 cm³/mol. The lowest BCUT2D eigenvalue weighted by atomic mass is 9.78. The van der Waals surface area contributed by atoms with Gasteiger partial charge in [0.25, 0.3) is 0 Å². The van der Waals surface area contributed by atoms with Gasteiger partial charge in [0.05, 0.1) is 24.5 Å². The maximum atomic E-state index is 13.7. The van der Waals surface area contributed by atoms with Crippen LogP contribution in [0, 0.1) is 0 Å². The average molecular weight is 472 g/mol. The molecule has 2 unspecified atom stereocenters. The fourth-order valence-electron chi connectivity index (χ4n) is 5.08. The summed E-state index contributed by atoms with van der Waals surface area (Å²) in [4.78, 5) is 13.7. The molecule has 0 spiro atoms. The van der Waals surface area contributed by atoms with E-state index in [1.165, 1.54) is 13.2 Å². The first kappa shape index (κ1) is 21.2. The minimum atomic E-state index is -0.549. The molecule has 3 aromatic carbocycles. The third kappa shape index (κ3) is 3.58. The highest BCUT2D eigenvalue weighted by atomic mass is 16.7. The molecule has 3 aromatic rings. The normalized spacial score (nSPS) is 20.3. The number of carbonyl (C=O) groups is 1. The molecule has 0 aromatic heterocycles. The number of Topliss-reactive ketones (excluding diaryl/α,β-unsaturated/α-hetero) is 1. The van der Waals surface area contributed by atoms with Crippen molar-refractivity contribution in [1.29, 1.82) is 0 Å². The summed E-state index contributed by atoms with van der Waals surface area (Å²) in [6.07, 6.45) is 0.949. The van der Waals surface area contributed by atoms with Crippen LogP contribution in [0.1, 0.15) is 35.9 Å². The van der Waals surface area contributed by atoms with Gasteiger partial charge in [-0.2, -0.15) is 0 Å². The van der Waals surface area contributed by atoms with Crippen molar-refractivity contribution < 1.29 is 29.2 Å². The number of para-hydroxylation sites is 2. The first-order chi connectivity index (χ1) is 17.0. The van der Waals surface area contributed by atoms with E-state index in [2.05, 4.69) is 10.6 Å². The number of phenolic OH excluding ortho intramolecular Hbond substituents is 2. The van der Waals surface area contributed by atoms with Crippen LogP contribution in [0.15, 0.2) is 65.9 Å². The van der Waals surface area contributed by atoms with Crippen molar-refractivity contribution in [1.82, 2.24) is 0 Å². The molecular weight excluding hydrogens is 448 g/mol. The molecule has 6 rings (SSSR count). The van der Waals surface area contributed by atoms with Gasteiger partial charge >= 0.3 is 0 Å². The zero-order chi connectivity index (χ0) is 24.1. The molecule has 2 heterocycles. The maximum absolute atomic E-state index is 13.7. The monoisotopic (exact) mass is 472 g/mol. The molecule has 2 aliphatic heterocycles. The molecule has 0 bridgehead atoms. The number of ether oxygens (including phenoxy) is 3. The van der Waals surface area contributed by atoms with Crippen molar-refractivity contribution in [2.75, 3.05) is 24.5 Å². The number of ketones is 1. The molecule has 2 atom stereocenters. The minimum Gasteiger partial charge on any atom is -0.504 e. The van der Waals surface area contributed by atoms with Crippen LogP contribution < -0.4 is 24.8 Å². The Kier molecular flexibility index (Phi) is 4.95. The van der Waals surface area contributed by atoms with Crippen molar-refractivity contribution in [3.05, 3.63) is 77.0 Å². The number of nitrogens with one attached hydrogen (secondary N) is 2. The van der Waals surface area contributed by atoms with Crippen LogP contribution in [-0.2, 0) is 4.79 Å². The first-order valence-electron chi connectivity index (χ1n) is 11.4. The van der Waals surface area contributed by atoms with Gasteiger partial charge in [-0.25, -0.2) is 0 Å². The summed E-state index contributed by atoms with van der Waals surface area (Å²) in [7, 11) is 1.42. The Hall–Kier alpha value is -4.33. The Bertz CT molecular complexity index is 1380. The highest BCUT2D eigenvalue weighted by Gasteiger charge is 2.37. The molecule has 8 nitrogen and oxygen atoms in total. The van der Waals surface area contributed by atoms with Crippen LogP contribution >= 0.6 is 0 Å². The van der Waals surface area contributed by atoms with Crippen LogP contribution in [0.4, 0.5) is 11.4 Å². The van der Waals surface area contributed by atoms with Crippen molar-refractivity contribution in [3.8, 4) is 28.7 Å². The first-order valence-corrected chi connectivity index (χ1v) is 11.4. The quantitative estimate of drug-likeness (QED) is 0.402. The minimum absolute atomic E-state index is 0.00162. The number of fused-ring (bicyclic) bond motifs is 2. The summed E-state index contributed by atoms with van der Waals surface area (Å²) in [5, 5.41) is 27.4. The van der Waals surface area contributed by atoms with Crippen LogP contribution in [0.2, 0.25) is 0 Å². The number of benzene rings is 3. The van der Waals surface area contributed by atoms with Crippen LogP contribution in [0.5, 0.6) is 28.7 Å². The summed E-state index contributed by atoms with van der Waals surface area (Å²) in [6, 6.07) is 16.1. The number of hydrogen-bond acceptors (Lipinski definition) is 8. The highest BCUT2D eigenvalue weighted by molar-refractivity contribution is 6.01. The van der Waals surface area contributed by atoms with E-state index in [4.69, 9.17) is 14.2 Å². The molecule has 0 saturated heterocycles. The van der Waals surface area contributed by atoms with E-state index < -0.39 is 6.04 Å². The van der Waals surface area contributed by atoms with Gasteiger partial charge in [-0.1, -0.05) is 18.2 Å². The summed E-state index contributed by atoms with van der Waals surface area (Å²) >= 11 is 0. The van der Waals surface area contributed by atoms with Gasteiger partial charge in [0, 0.05) is 17.7 Å². The van der Waals surface area contributed by atoms with E-state index in [9.17, 15) is 15.0 Å². The number of anilines is 2. The largest absolute Gasteiger partial charge is 0.504 e. The van der Waals surface area contributed by atoms with Crippen molar-refractivity contribution >= 4 is 17.2 Å². The van der Waals surface area contributed by atoms with E-state index >= 15 is 0 Å². The Morgan fingerprint density at radius 2 is 1.74 bits per heavy atom. The fourth-order valence-corrected chi connectivity index (χ4v) is 5.08. The maximum Gasteiger partial charge on any atom is 0.231 e. The third-order valence-electron chi connectivity index (χ3n) is 6.81. The number of hydrogen-bond donors (Lipinski definition) is 4. The standard InChI is InChI=1S/C27H24N2O6/c1-33-24-12-16(10-21(31)27(24)32)26-25-19(28-17-4-2-3-5-18(17)29-26)8-15(9-20(25)30)14-6-7-22-23(11-14)35-13-34-22/h2-7,10-12,15,26,28-29,31-32H,8-9,13H2,1H3. The van der Waals surface area contributed by atoms with Crippen molar-refractivity contribution in [3.63, 3.8) is 0 Å². The van der Waals surface area contributed by atoms with E-state index in [1.54, 1.807) is 6.07 Å². The SMILES string of the molecule is COc1cc(C2Nc3ccccc3NC3=C2C(=O)CC(c2ccc4c(c2)OCO4)C3)cc(O)c1O. The molecule has 4 N–H and O–H groups in total. The van der Waals surface area contributed by atoms with E-state index in [-0.39, 0.29) is 35.7 Å². The Balaban J connectivity index is 1.45. The number of rotatable bonds is 3. The molecule has 0 fully saturated rings. The summed E-state index contributed by atoms with van der Waals surface area (Å²) in [5.74, 6) is 0.861. The molecule has 8 heteroatoms. The zero-order valence-corrected chi connectivity index (χ0v) is 19.0. The smallest absolute Gasteiger partial charge is 0.231 e. The molecule has 0 radical (unpaired) electrons. The molecule has 35 heavy (non-hydrogen) atoms. The summed E-state index contributed by atoms with van der Waals surface area (Å²) < 4.78 is 16.2. The average Bonchev–Trinajstić information content (AvgIpc) is 3.26. The molecule has 1 aliphatic carbocycles. The van der Waals surface area contributed by atoms with Crippen molar-refractivity contribution in [2.45, 2.75) is 24.8 Å². The summed E-state index contributed by atoms with van der Waals surface area (Å²) in [6.45, 7) is 0.201. The second-order valence-electron chi connectivity index (χ2n) is 8.87. The van der Waals surface area contributed by atoms with Crippen LogP contribution in [0.3, 0.4) is 0 Å².